The minimum Gasteiger partial charge on any atom is -0.508 e. The van der Waals surface area contributed by atoms with Gasteiger partial charge in [-0.25, -0.2) is 4.98 Å². The summed E-state index contributed by atoms with van der Waals surface area (Å²) in [5.74, 6) is 1.18. The number of guanidine groups is 1. The van der Waals surface area contributed by atoms with Crippen molar-refractivity contribution in [2.45, 2.75) is 45.7 Å². The fourth-order valence-corrected chi connectivity index (χ4v) is 4.04. The number of aliphatic imine (C=N–C) groups is 1. The molecule has 0 aliphatic heterocycles. The minimum absolute atomic E-state index is 0. The van der Waals surface area contributed by atoms with E-state index < -0.39 is 0 Å². The zero-order valence-electron chi connectivity index (χ0n) is 15.6. The maximum absolute atomic E-state index is 10.3. The molecule has 1 aromatic carbocycles. The molecule has 2 aromatic rings. The van der Waals surface area contributed by atoms with Gasteiger partial charge in [0.1, 0.15) is 5.75 Å². The Labute approximate surface area is 176 Å². The standard InChI is InChI=1S/C19H26N4OS.HI/c1-13-22-15(12-25-13)11-23(3)19(20-2)21-10-17-16-7-5-4-6-14(16)8-9-18(17)24;/h8-9,12,24H,4-7,10-11H2,1-3H3,(H,20,21);1H. The molecule has 26 heavy (non-hydrogen) atoms. The molecular weight excluding hydrogens is 459 g/mol. The summed E-state index contributed by atoms with van der Waals surface area (Å²) in [6, 6.07) is 3.89. The first-order valence-corrected chi connectivity index (χ1v) is 9.62. The Hall–Kier alpha value is -1.35. The van der Waals surface area contributed by atoms with E-state index in [0.717, 1.165) is 35.1 Å². The van der Waals surface area contributed by atoms with Crippen LogP contribution in [0, 0.1) is 6.92 Å². The monoisotopic (exact) mass is 486 g/mol. The molecule has 0 atom stereocenters. The number of nitrogens with zero attached hydrogens (tertiary/aromatic N) is 3. The first kappa shape index (κ1) is 21.0. The van der Waals surface area contributed by atoms with Crippen molar-refractivity contribution in [3.63, 3.8) is 0 Å². The van der Waals surface area contributed by atoms with Crippen LogP contribution in [0.3, 0.4) is 0 Å². The highest BCUT2D eigenvalue weighted by Gasteiger charge is 2.17. The van der Waals surface area contributed by atoms with Gasteiger partial charge in [-0.05, 0) is 49.8 Å². The van der Waals surface area contributed by atoms with Crippen LogP contribution in [0.15, 0.2) is 22.5 Å². The van der Waals surface area contributed by atoms with Crippen LogP contribution in [-0.4, -0.2) is 35.0 Å². The smallest absolute Gasteiger partial charge is 0.194 e. The van der Waals surface area contributed by atoms with Crippen LogP contribution in [0.1, 0.15) is 40.2 Å². The van der Waals surface area contributed by atoms with Crippen LogP contribution < -0.4 is 5.32 Å². The van der Waals surface area contributed by atoms with E-state index in [9.17, 15) is 5.11 Å². The van der Waals surface area contributed by atoms with Gasteiger partial charge in [-0.3, -0.25) is 4.99 Å². The van der Waals surface area contributed by atoms with Gasteiger partial charge in [0.25, 0.3) is 0 Å². The van der Waals surface area contributed by atoms with Crippen molar-refractivity contribution in [3.8, 4) is 5.75 Å². The van der Waals surface area contributed by atoms with Crippen LogP contribution in [-0.2, 0) is 25.9 Å². The molecule has 3 rings (SSSR count). The van der Waals surface area contributed by atoms with Gasteiger partial charge < -0.3 is 15.3 Å². The summed E-state index contributed by atoms with van der Waals surface area (Å²) in [7, 11) is 3.79. The number of aryl methyl sites for hydroxylation is 2. The Morgan fingerprint density at radius 1 is 1.35 bits per heavy atom. The number of aromatic nitrogens is 1. The average molecular weight is 486 g/mol. The van der Waals surface area contributed by atoms with Gasteiger partial charge in [0.15, 0.2) is 5.96 Å². The van der Waals surface area contributed by atoms with Gasteiger partial charge in [-0.15, -0.1) is 35.3 Å². The number of halogens is 1. The first-order chi connectivity index (χ1) is 12.1. The SMILES string of the molecule is CN=C(NCc1c(O)ccc2c1CCCC2)N(C)Cc1csc(C)n1.I. The number of aromatic hydroxyl groups is 1. The lowest BCUT2D eigenvalue weighted by Gasteiger charge is -2.24. The number of hydrogen-bond acceptors (Lipinski definition) is 4. The lowest BCUT2D eigenvalue weighted by molar-refractivity contribution is 0.455. The number of fused-ring (bicyclic) bond motifs is 1. The number of thiazole rings is 1. The summed E-state index contributed by atoms with van der Waals surface area (Å²) < 4.78 is 0. The van der Waals surface area contributed by atoms with E-state index in [0.29, 0.717) is 18.8 Å². The van der Waals surface area contributed by atoms with Crippen molar-refractivity contribution in [2.75, 3.05) is 14.1 Å². The van der Waals surface area contributed by atoms with E-state index in [-0.39, 0.29) is 24.0 Å². The molecular formula is C19H27IN4OS. The maximum Gasteiger partial charge on any atom is 0.194 e. The highest BCUT2D eigenvalue weighted by molar-refractivity contribution is 14.0. The zero-order chi connectivity index (χ0) is 17.8. The molecule has 0 radical (unpaired) electrons. The Kier molecular flexibility index (Phi) is 7.69. The van der Waals surface area contributed by atoms with Gasteiger partial charge in [0, 0.05) is 31.6 Å². The maximum atomic E-state index is 10.3. The number of nitrogens with one attached hydrogen (secondary N) is 1. The third-order valence-electron chi connectivity index (χ3n) is 4.69. The normalized spacial score (nSPS) is 13.7. The lowest BCUT2D eigenvalue weighted by atomic mass is 9.88. The molecule has 0 saturated carbocycles. The fraction of sp³-hybridized carbons (Fsp3) is 0.474. The highest BCUT2D eigenvalue weighted by atomic mass is 127. The molecule has 1 aliphatic rings. The summed E-state index contributed by atoms with van der Waals surface area (Å²) >= 11 is 1.66. The molecule has 0 amide bonds. The van der Waals surface area contributed by atoms with Crippen molar-refractivity contribution in [1.82, 2.24) is 15.2 Å². The van der Waals surface area contributed by atoms with Crippen molar-refractivity contribution in [2.24, 2.45) is 4.99 Å². The van der Waals surface area contributed by atoms with E-state index in [2.05, 4.69) is 31.6 Å². The topological polar surface area (TPSA) is 60.8 Å². The lowest BCUT2D eigenvalue weighted by Crippen LogP contribution is -2.38. The summed E-state index contributed by atoms with van der Waals surface area (Å²) in [4.78, 5) is 10.9. The number of hydrogen-bond donors (Lipinski definition) is 2. The van der Waals surface area contributed by atoms with E-state index in [1.807, 2.05) is 20.0 Å². The second kappa shape index (κ2) is 9.55. The van der Waals surface area contributed by atoms with Gasteiger partial charge in [0.05, 0.1) is 17.2 Å². The predicted octanol–water partition coefficient (Wildman–Crippen LogP) is 3.86. The summed E-state index contributed by atoms with van der Waals surface area (Å²) in [6.07, 6.45) is 4.59. The number of benzene rings is 1. The number of rotatable bonds is 4. The van der Waals surface area contributed by atoms with Crippen molar-refractivity contribution >= 4 is 41.3 Å². The molecule has 1 aliphatic carbocycles. The predicted molar refractivity (Wildman–Crippen MR) is 119 cm³/mol. The summed E-state index contributed by atoms with van der Waals surface area (Å²) in [5, 5.41) is 16.9. The van der Waals surface area contributed by atoms with Crippen LogP contribution >= 0.6 is 35.3 Å². The third kappa shape index (κ3) is 4.88. The summed E-state index contributed by atoms with van der Waals surface area (Å²) in [5.41, 5.74) is 4.75. The average Bonchev–Trinajstić information content (AvgIpc) is 3.02. The third-order valence-corrected chi connectivity index (χ3v) is 5.51. The Morgan fingerprint density at radius 3 is 2.81 bits per heavy atom. The molecule has 0 spiro atoms. The van der Waals surface area contributed by atoms with Crippen molar-refractivity contribution < 1.29 is 5.11 Å². The molecule has 1 aromatic heterocycles. The van der Waals surface area contributed by atoms with Crippen LogP contribution in [0.25, 0.3) is 0 Å². The Bertz CT molecular complexity index is 775. The Balaban J connectivity index is 0.00000243. The molecule has 0 bridgehead atoms. The number of phenols is 1. The van der Waals surface area contributed by atoms with Gasteiger partial charge >= 0.3 is 0 Å². The van der Waals surface area contributed by atoms with Crippen molar-refractivity contribution in [3.05, 3.63) is 44.9 Å². The molecule has 2 N–H and O–H groups in total. The molecule has 0 fully saturated rings. The first-order valence-electron chi connectivity index (χ1n) is 8.74. The second-order valence-electron chi connectivity index (χ2n) is 6.52. The fourth-order valence-electron chi connectivity index (χ4n) is 3.44. The van der Waals surface area contributed by atoms with E-state index in [1.54, 1.807) is 18.4 Å². The second-order valence-corrected chi connectivity index (χ2v) is 7.58. The van der Waals surface area contributed by atoms with E-state index in [1.165, 1.54) is 24.0 Å². The summed E-state index contributed by atoms with van der Waals surface area (Å²) in [6.45, 7) is 3.31. The van der Waals surface area contributed by atoms with E-state index >= 15 is 0 Å². The van der Waals surface area contributed by atoms with Crippen molar-refractivity contribution in [1.29, 1.82) is 0 Å². The van der Waals surface area contributed by atoms with Gasteiger partial charge in [-0.2, -0.15) is 0 Å². The molecule has 0 saturated heterocycles. The van der Waals surface area contributed by atoms with E-state index in [4.69, 9.17) is 0 Å². The van der Waals surface area contributed by atoms with Crippen LogP contribution in [0.2, 0.25) is 0 Å². The number of phenolic OH excluding ortho intramolecular Hbond substituents is 1. The molecule has 1 heterocycles. The molecule has 0 unspecified atom stereocenters. The molecule has 7 heteroatoms. The minimum atomic E-state index is 0. The van der Waals surface area contributed by atoms with Crippen LogP contribution in [0.5, 0.6) is 5.75 Å². The zero-order valence-corrected chi connectivity index (χ0v) is 18.7. The van der Waals surface area contributed by atoms with Gasteiger partial charge in [0.2, 0.25) is 0 Å². The molecule has 142 valence electrons. The van der Waals surface area contributed by atoms with Crippen LogP contribution in [0.4, 0.5) is 0 Å². The quantitative estimate of drug-likeness (QED) is 0.392. The largest absolute Gasteiger partial charge is 0.508 e. The highest BCUT2D eigenvalue weighted by Crippen LogP contribution is 2.30. The Morgan fingerprint density at radius 2 is 2.12 bits per heavy atom. The van der Waals surface area contributed by atoms with Gasteiger partial charge in [-0.1, -0.05) is 6.07 Å². The molecule has 5 nitrogen and oxygen atoms in total.